The lowest BCUT2D eigenvalue weighted by Gasteiger charge is -2.08. The van der Waals surface area contributed by atoms with Crippen molar-refractivity contribution in [1.29, 1.82) is 0 Å². The van der Waals surface area contributed by atoms with E-state index in [2.05, 4.69) is 5.32 Å². The van der Waals surface area contributed by atoms with Crippen molar-refractivity contribution in [2.24, 2.45) is 0 Å². The summed E-state index contributed by atoms with van der Waals surface area (Å²) in [4.78, 5) is 35.7. The van der Waals surface area contributed by atoms with E-state index in [-0.39, 0.29) is 18.1 Å². The molecule has 2 rings (SSSR count). The summed E-state index contributed by atoms with van der Waals surface area (Å²) in [7, 11) is 0. The second-order valence-electron chi connectivity index (χ2n) is 4.63. The van der Waals surface area contributed by atoms with Gasteiger partial charge < -0.3 is 10.1 Å². The van der Waals surface area contributed by atoms with Crippen LogP contribution < -0.4 is 5.32 Å². The van der Waals surface area contributed by atoms with Crippen LogP contribution in [0.2, 0.25) is 0 Å². The lowest BCUT2D eigenvalue weighted by molar-refractivity contribution is -0.139. The smallest absolute Gasteiger partial charge is 0.355 e. The van der Waals surface area contributed by atoms with Gasteiger partial charge in [0.1, 0.15) is 5.70 Å². The van der Waals surface area contributed by atoms with E-state index in [9.17, 15) is 14.4 Å². The summed E-state index contributed by atoms with van der Waals surface area (Å²) in [5.41, 5.74) is 0.723. The molecule has 0 atom stereocenters. The Kier molecular flexibility index (Phi) is 5.82. The van der Waals surface area contributed by atoms with Crippen LogP contribution in [0.1, 0.15) is 22.2 Å². The molecule has 1 aromatic carbocycles. The van der Waals surface area contributed by atoms with E-state index in [0.717, 1.165) is 5.56 Å². The molecule has 0 aliphatic heterocycles. The van der Waals surface area contributed by atoms with Gasteiger partial charge in [-0.05, 0) is 23.1 Å². The van der Waals surface area contributed by atoms with Crippen LogP contribution in [0, 0.1) is 0 Å². The summed E-state index contributed by atoms with van der Waals surface area (Å²) in [5.74, 6) is -1.43. The van der Waals surface area contributed by atoms with Gasteiger partial charge in [-0.15, -0.1) is 11.3 Å². The van der Waals surface area contributed by atoms with Crippen molar-refractivity contribution in [1.82, 2.24) is 5.32 Å². The van der Waals surface area contributed by atoms with Crippen LogP contribution in [0.5, 0.6) is 0 Å². The maximum Gasteiger partial charge on any atom is 0.355 e. The van der Waals surface area contributed by atoms with Crippen LogP contribution in [0.3, 0.4) is 0 Å². The van der Waals surface area contributed by atoms with Gasteiger partial charge in [0.2, 0.25) is 11.7 Å². The van der Waals surface area contributed by atoms with Crippen LogP contribution >= 0.6 is 11.3 Å². The third-order valence-corrected chi connectivity index (χ3v) is 3.68. The number of esters is 1. The second-order valence-corrected chi connectivity index (χ2v) is 5.57. The molecule has 1 N–H and O–H groups in total. The van der Waals surface area contributed by atoms with Crippen LogP contribution in [0.15, 0.2) is 53.5 Å². The van der Waals surface area contributed by atoms with Gasteiger partial charge >= 0.3 is 5.97 Å². The molecule has 0 saturated heterocycles. The Balaban J connectivity index is 2.06. The highest BCUT2D eigenvalue weighted by molar-refractivity contribution is 7.12. The van der Waals surface area contributed by atoms with E-state index >= 15 is 0 Å². The summed E-state index contributed by atoms with van der Waals surface area (Å²) in [6.45, 7) is 0.925. The zero-order valence-electron chi connectivity index (χ0n) is 12.4. The van der Waals surface area contributed by atoms with Crippen molar-refractivity contribution in [3.05, 3.63) is 64.0 Å². The van der Waals surface area contributed by atoms with Crippen LogP contribution in [0.4, 0.5) is 0 Å². The Hall–Kier alpha value is -2.73. The molecule has 0 saturated carbocycles. The number of Topliss-reactive ketones (excluding diaryl/α,β-unsaturated/α-hetero) is 1. The standard InChI is InChI=1S/C17H15NO4S/c1-12(19)18-14(10-13-6-3-2-4-7-13)17(21)22-11-15(20)16-8-5-9-23-16/h2-10H,11H2,1H3,(H,18,19). The molecule has 0 radical (unpaired) electrons. The number of ether oxygens (including phenoxy) is 1. The van der Waals surface area contributed by atoms with E-state index < -0.39 is 11.9 Å². The van der Waals surface area contributed by atoms with Crippen molar-refractivity contribution in [2.45, 2.75) is 6.92 Å². The van der Waals surface area contributed by atoms with E-state index in [1.807, 2.05) is 18.2 Å². The number of thiophene rings is 1. The SMILES string of the molecule is CC(=O)NC(=Cc1ccccc1)C(=O)OCC(=O)c1cccs1. The van der Waals surface area contributed by atoms with Gasteiger partial charge in [0.05, 0.1) is 4.88 Å². The molecule has 1 aromatic heterocycles. The van der Waals surface area contributed by atoms with Crippen molar-refractivity contribution >= 4 is 35.1 Å². The molecule has 5 nitrogen and oxygen atoms in total. The Labute approximate surface area is 137 Å². The van der Waals surface area contributed by atoms with Crippen molar-refractivity contribution < 1.29 is 19.1 Å². The number of carbonyl (C=O) groups is 3. The number of hydrogen-bond donors (Lipinski definition) is 1. The first-order valence-electron chi connectivity index (χ1n) is 6.84. The molecule has 23 heavy (non-hydrogen) atoms. The average molecular weight is 329 g/mol. The van der Waals surface area contributed by atoms with E-state index in [4.69, 9.17) is 4.74 Å². The maximum atomic E-state index is 12.1. The normalized spacial score (nSPS) is 10.9. The number of ketones is 1. The predicted octanol–water partition coefficient (Wildman–Crippen LogP) is 2.65. The number of nitrogens with one attached hydrogen (secondary N) is 1. The van der Waals surface area contributed by atoms with Gasteiger partial charge in [0.15, 0.2) is 6.61 Å². The quantitative estimate of drug-likeness (QED) is 0.502. The summed E-state index contributed by atoms with van der Waals surface area (Å²) in [6.07, 6.45) is 1.50. The van der Waals surface area contributed by atoms with Gasteiger partial charge in [0.25, 0.3) is 0 Å². The van der Waals surface area contributed by atoms with Gasteiger partial charge in [-0.25, -0.2) is 4.79 Å². The fraction of sp³-hybridized carbons (Fsp3) is 0.118. The Morgan fingerprint density at radius 3 is 2.48 bits per heavy atom. The zero-order chi connectivity index (χ0) is 16.7. The fourth-order valence-corrected chi connectivity index (χ4v) is 2.42. The number of rotatable bonds is 6. The highest BCUT2D eigenvalue weighted by Crippen LogP contribution is 2.10. The summed E-state index contributed by atoms with van der Waals surface area (Å²) in [6, 6.07) is 12.4. The van der Waals surface area contributed by atoms with Crippen molar-refractivity contribution in [3.8, 4) is 0 Å². The molecule has 2 aromatic rings. The minimum absolute atomic E-state index is 0.0114. The predicted molar refractivity (Wildman–Crippen MR) is 87.8 cm³/mol. The van der Waals surface area contributed by atoms with Gasteiger partial charge in [-0.3, -0.25) is 9.59 Å². The van der Waals surface area contributed by atoms with Gasteiger partial charge in [-0.1, -0.05) is 36.4 Å². The molecule has 0 unspecified atom stereocenters. The summed E-state index contributed by atoms with van der Waals surface area (Å²) in [5, 5.41) is 4.20. The molecular weight excluding hydrogens is 314 g/mol. The van der Waals surface area contributed by atoms with Crippen LogP contribution in [-0.4, -0.2) is 24.3 Å². The number of benzene rings is 1. The molecule has 0 bridgehead atoms. The molecule has 1 amide bonds. The van der Waals surface area contributed by atoms with Gasteiger partial charge in [0, 0.05) is 6.92 Å². The minimum Gasteiger partial charge on any atom is -0.453 e. The molecule has 1 heterocycles. The maximum absolute atomic E-state index is 12.1. The fourth-order valence-electron chi connectivity index (χ4n) is 1.77. The van der Waals surface area contributed by atoms with Crippen molar-refractivity contribution in [3.63, 3.8) is 0 Å². The first-order chi connectivity index (χ1) is 11.1. The van der Waals surface area contributed by atoms with Gasteiger partial charge in [-0.2, -0.15) is 0 Å². The molecule has 0 aliphatic carbocycles. The largest absolute Gasteiger partial charge is 0.453 e. The lowest BCUT2D eigenvalue weighted by atomic mass is 10.2. The summed E-state index contributed by atoms with van der Waals surface area (Å²) < 4.78 is 5.00. The van der Waals surface area contributed by atoms with Crippen molar-refractivity contribution in [2.75, 3.05) is 6.61 Å². The first-order valence-corrected chi connectivity index (χ1v) is 7.72. The number of carbonyl (C=O) groups excluding carboxylic acids is 3. The first kappa shape index (κ1) is 16.6. The molecule has 0 spiro atoms. The highest BCUT2D eigenvalue weighted by Gasteiger charge is 2.16. The number of hydrogen-bond acceptors (Lipinski definition) is 5. The zero-order valence-corrected chi connectivity index (χ0v) is 13.3. The molecule has 118 valence electrons. The number of amides is 1. The minimum atomic E-state index is -0.756. The van der Waals surface area contributed by atoms with E-state index in [0.29, 0.717) is 4.88 Å². The third-order valence-electron chi connectivity index (χ3n) is 2.77. The molecule has 0 fully saturated rings. The molecule has 0 aliphatic rings. The third kappa shape index (κ3) is 5.19. The highest BCUT2D eigenvalue weighted by atomic mass is 32.1. The Morgan fingerprint density at radius 2 is 1.87 bits per heavy atom. The average Bonchev–Trinajstić information content (AvgIpc) is 3.06. The Bertz CT molecular complexity index is 720. The monoisotopic (exact) mass is 329 g/mol. The second kappa shape index (κ2) is 8.05. The lowest BCUT2D eigenvalue weighted by Crippen LogP contribution is -2.27. The molecule has 6 heteroatoms. The van der Waals surface area contributed by atoms with Crippen LogP contribution in [0.25, 0.3) is 6.08 Å². The topological polar surface area (TPSA) is 72.5 Å². The molecular formula is C17H15NO4S. The van der Waals surface area contributed by atoms with E-state index in [1.165, 1.54) is 24.3 Å². The Morgan fingerprint density at radius 1 is 1.13 bits per heavy atom. The summed E-state index contributed by atoms with van der Waals surface area (Å²) >= 11 is 1.28. The van der Waals surface area contributed by atoms with E-state index in [1.54, 1.807) is 29.6 Å². The van der Waals surface area contributed by atoms with Crippen LogP contribution in [-0.2, 0) is 14.3 Å².